The summed E-state index contributed by atoms with van der Waals surface area (Å²) in [5.41, 5.74) is 6.56. The Morgan fingerprint density at radius 1 is 0.488 bits per heavy atom. The molecule has 0 aliphatic carbocycles. The lowest BCUT2D eigenvalue weighted by Crippen LogP contribution is -2.01. The van der Waals surface area contributed by atoms with E-state index < -0.39 is 6.04 Å². The van der Waals surface area contributed by atoms with Crippen LogP contribution in [0.2, 0.25) is 0 Å². The van der Waals surface area contributed by atoms with Gasteiger partial charge in [-0.25, -0.2) is 4.98 Å². The Kier molecular flexibility index (Phi) is 4.40. The third-order valence-electron chi connectivity index (χ3n) is 7.66. The van der Waals surface area contributed by atoms with E-state index in [1.54, 1.807) is 0 Å². The monoisotopic (exact) mass is 527 g/mol. The Labute approximate surface area is 245 Å². The second-order valence-electron chi connectivity index (χ2n) is 10.0. The molecule has 0 fully saturated rings. The van der Waals surface area contributed by atoms with Crippen molar-refractivity contribution >= 4 is 32.6 Å². The largest absolute Gasteiger partial charge is 0.291 e. The van der Waals surface area contributed by atoms with Gasteiger partial charge in [-0.15, -0.1) is 0 Å². The molecule has 1 heterocycles. The van der Waals surface area contributed by atoms with Crippen molar-refractivity contribution in [3.63, 3.8) is 0 Å². The molecule has 0 spiro atoms. The summed E-state index contributed by atoms with van der Waals surface area (Å²) in [5, 5.41) is 3.94. The van der Waals surface area contributed by atoms with E-state index >= 15 is 0 Å². The lowest BCUT2D eigenvalue weighted by molar-refractivity contribution is 1.13. The van der Waals surface area contributed by atoms with Gasteiger partial charge < -0.3 is 0 Å². The number of nitrogens with zero attached hydrogens (tertiary/aromatic N) is 2. The Balaban J connectivity index is 1.57. The summed E-state index contributed by atoms with van der Waals surface area (Å²) in [6.45, 7) is 0. The third-order valence-corrected chi connectivity index (χ3v) is 7.66. The van der Waals surface area contributed by atoms with Gasteiger partial charge in [-0.3, -0.25) is 4.57 Å². The summed E-state index contributed by atoms with van der Waals surface area (Å²) in [7, 11) is 0. The average molecular weight is 528 g/mol. The number of imidazole rings is 1. The topological polar surface area (TPSA) is 17.8 Å². The fourth-order valence-corrected chi connectivity index (χ4v) is 5.90. The van der Waals surface area contributed by atoms with Gasteiger partial charge in [-0.2, -0.15) is 0 Å². The fourth-order valence-electron chi connectivity index (χ4n) is 5.90. The van der Waals surface area contributed by atoms with Crippen molar-refractivity contribution in [2.24, 2.45) is 0 Å². The summed E-state index contributed by atoms with van der Waals surface area (Å²) in [5.74, 6) is 0.815. The van der Waals surface area contributed by atoms with Crippen molar-refractivity contribution in [1.29, 1.82) is 0 Å². The Morgan fingerprint density at radius 3 is 1.90 bits per heavy atom. The highest BCUT2D eigenvalue weighted by Crippen LogP contribution is 2.44. The molecule has 41 heavy (non-hydrogen) atoms. The van der Waals surface area contributed by atoms with Crippen LogP contribution >= 0.6 is 0 Å². The fraction of sp³-hybridized carbons (Fsp3) is 0. The highest BCUT2D eigenvalue weighted by molar-refractivity contribution is 6.19. The minimum Gasteiger partial charge on any atom is -0.291 e. The van der Waals surface area contributed by atoms with Crippen LogP contribution in [0.25, 0.3) is 71.9 Å². The van der Waals surface area contributed by atoms with Crippen LogP contribution in [0.4, 0.5) is 0 Å². The van der Waals surface area contributed by atoms with Crippen LogP contribution in [-0.2, 0) is 0 Å². The third kappa shape index (κ3) is 3.84. The highest BCUT2D eigenvalue weighted by Gasteiger charge is 2.22. The van der Waals surface area contributed by atoms with Crippen molar-refractivity contribution in [2.75, 3.05) is 0 Å². The van der Waals surface area contributed by atoms with Crippen LogP contribution in [0.15, 0.2) is 158 Å². The van der Waals surface area contributed by atoms with Crippen LogP contribution in [0.3, 0.4) is 0 Å². The van der Waals surface area contributed by atoms with Gasteiger partial charge in [0.1, 0.15) is 5.82 Å². The summed E-state index contributed by atoms with van der Waals surface area (Å²) < 4.78 is 44.4. The summed E-state index contributed by atoms with van der Waals surface area (Å²) in [6.07, 6.45) is 0. The molecule has 0 bridgehead atoms. The lowest BCUT2D eigenvalue weighted by atomic mass is 9.88. The van der Waals surface area contributed by atoms with E-state index in [9.17, 15) is 0 Å². The highest BCUT2D eigenvalue weighted by atomic mass is 15.1. The zero-order valence-corrected chi connectivity index (χ0v) is 22.0. The van der Waals surface area contributed by atoms with Gasteiger partial charge in [-0.05, 0) is 51.2 Å². The van der Waals surface area contributed by atoms with Crippen LogP contribution in [0.1, 0.15) is 6.85 Å². The van der Waals surface area contributed by atoms with E-state index in [4.69, 9.17) is 11.8 Å². The van der Waals surface area contributed by atoms with Gasteiger partial charge in [0.15, 0.2) is 0 Å². The summed E-state index contributed by atoms with van der Waals surface area (Å²) in [4.78, 5) is 5.12. The minimum atomic E-state index is -0.404. The quantitative estimate of drug-likeness (QED) is 0.208. The molecule has 192 valence electrons. The molecule has 1 aromatic heterocycles. The van der Waals surface area contributed by atoms with Crippen LogP contribution < -0.4 is 0 Å². The van der Waals surface area contributed by atoms with Crippen LogP contribution in [0, 0.1) is 0 Å². The van der Waals surface area contributed by atoms with E-state index in [1.807, 2.05) is 78.9 Å². The molecule has 7 aromatic carbocycles. The molecule has 0 N–H and O–H groups in total. The Morgan fingerprint density at radius 2 is 1.12 bits per heavy atom. The number of rotatable bonds is 4. The molecule has 2 nitrogen and oxygen atoms in total. The maximum absolute atomic E-state index is 8.71. The number of fused-ring (bicyclic) bond motifs is 3. The predicted octanol–water partition coefficient (Wildman–Crippen LogP) is 10.3. The molecule has 8 aromatic rings. The SMILES string of the molecule is [2H]c1c([2H])c([2H])c(-c2ccc3c(-n4c(-c5ccccc5)nc5ccccc54)c4ccccc4c(-c4ccccc4)c3c2)c([2H])c1[2H]. The maximum Gasteiger partial charge on any atom is 0.145 e. The number of para-hydroxylation sites is 2. The normalized spacial score (nSPS) is 13.1. The zero-order valence-electron chi connectivity index (χ0n) is 27.0. The van der Waals surface area contributed by atoms with Crippen LogP contribution in [0.5, 0.6) is 0 Å². The molecule has 0 saturated carbocycles. The minimum absolute atomic E-state index is 0.180. The number of aromatic nitrogens is 2. The van der Waals surface area contributed by atoms with E-state index in [-0.39, 0.29) is 29.7 Å². The van der Waals surface area contributed by atoms with Gasteiger partial charge in [0.05, 0.1) is 23.6 Å². The molecular formula is C39H26N2. The molecule has 0 radical (unpaired) electrons. The Bertz CT molecular complexity index is 2440. The molecule has 0 amide bonds. The molecule has 0 unspecified atom stereocenters. The van der Waals surface area contributed by atoms with Crippen molar-refractivity contribution in [1.82, 2.24) is 9.55 Å². The van der Waals surface area contributed by atoms with Gasteiger partial charge in [0.25, 0.3) is 0 Å². The Hall–Kier alpha value is -5.47. The maximum atomic E-state index is 8.71. The molecule has 8 rings (SSSR count). The van der Waals surface area contributed by atoms with E-state index in [2.05, 4.69) is 53.1 Å². The van der Waals surface area contributed by atoms with Gasteiger partial charge in [0, 0.05) is 16.3 Å². The standard InChI is InChI=1S/C39H26N2/c1-4-14-27(15-5-1)30-24-25-33-34(26-30)37(28-16-6-2-7-17-28)31-20-10-11-21-32(31)38(33)41-36-23-13-12-22-35(36)40-39(41)29-18-8-3-9-19-29/h1-26H/i1D,4D,5D,14D,15D. The van der Waals surface area contributed by atoms with Crippen LogP contribution in [-0.4, -0.2) is 9.55 Å². The second-order valence-corrected chi connectivity index (χ2v) is 10.0. The summed E-state index contributed by atoms with van der Waals surface area (Å²) in [6, 6.07) is 41.1. The van der Waals surface area contributed by atoms with E-state index in [1.165, 1.54) is 0 Å². The first-order valence-corrected chi connectivity index (χ1v) is 13.6. The molecule has 0 aliphatic heterocycles. The number of hydrogen-bond donors (Lipinski definition) is 0. The summed E-state index contributed by atoms with van der Waals surface area (Å²) >= 11 is 0. The van der Waals surface area contributed by atoms with Crippen molar-refractivity contribution < 1.29 is 6.85 Å². The second kappa shape index (κ2) is 9.62. The molecule has 0 atom stereocenters. The number of benzene rings is 7. The lowest BCUT2D eigenvalue weighted by Gasteiger charge is -2.20. The molecule has 0 saturated heterocycles. The first kappa shape index (κ1) is 18.8. The van der Waals surface area contributed by atoms with E-state index in [0.29, 0.717) is 5.56 Å². The zero-order chi connectivity index (χ0) is 31.5. The molecule has 2 heteroatoms. The first-order valence-electron chi connectivity index (χ1n) is 16.1. The van der Waals surface area contributed by atoms with Crippen molar-refractivity contribution in [3.05, 3.63) is 158 Å². The van der Waals surface area contributed by atoms with Crippen molar-refractivity contribution in [3.8, 4) is 39.3 Å². The number of hydrogen-bond acceptors (Lipinski definition) is 1. The van der Waals surface area contributed by atoms with Crippen molar-refractivity contribution in [2.45, 2.75) is 0 Å². The molecular weight excluding hydrogens is 496 g/mol. The van der Waals surface area contributed by atoms with Gasteiger partial charge >= 0.3 is 0 Å². The molecule has 0 aliphatic rings. The van der Waals surface area contributed by atoms with Gasteiger partial charge in [-0.1, -0.05) is 139 Å². The first-order chi connectivity index (χ1) is 22.4. The predicted molar refractivity (Wildman–Crippen MR) is 172 cm³/mol. The average Bonchev–Trinajstić information content (AvgIpc) is 3.49. The smallest absolute Gasteiger partial charge is 0.145 e. The van der Waals surface area contributed by atoms with E-state index in [0.717, 1.165) is 60.8 Å². The van der Waals surface area contributed by atoms with Gasteiger partial charge in [0.2, 0.25) is 0 Å².